The van der Waals surface area contributed by atoms with Crippen LogP contribution in [0.3, 0.4) is 0 Å². The van der Waals surface area contributed by atoms with Gasteiger partial charge in [-0.1, -0.05) is 20.3 Å². The third-order valence-electron chi connectivity index (χ3n) is 3.14. The first-order valence-electron chi connectivity index (χ1n) is 6.62. The number of anilines is 1. The summed E-state index contributed by atoms with van der Waals surface area (Å²) in [6, 6.07) is 3.65. The molecule has 18 heavy (non-hydrogen) atoms. The Morgan fingerprint density at radius 1 is 1.44 bits per heavy atom. The van der Waals surface area contributed by atoms with Crippen LogP contribution in [-0.2, 0) is 0 Å². The third kappa shape index (κ3) is 3.72. The molecule has 0 aliphatic heterocycles. The fourth-order valence-electron chi connectivity index (χ4n) is 1.75. The van der Waals surface area contributed by atoms with Crippen molar-refractivity contribution in [3.05, 3.63) is 24.0 Å². The Morgan fingerprint density at radius 2 is 2.17 bits per heavy atom. The molecule has 1 heterocycles. The van der Waals surface area contributed by atoms with E-state index >= 15 is 0 Å². The fourth-order valence-corrected chi connectivity index (χ4v) is 1.75. The first kappa shape index (κ1) is 14.5. The Balaban J connectivity index is 2.83. The fraction of sp³-hybridized carbons (Fsp3) is 0.571. The summed E-state index contributed by atoms with van der Waals surface area (Å²) in [4.78, 5) is 18.4. The van der Waals surface area contributed by atoms with Gasteiger partial charge in [-0.25, -0.2) is 4.98 Å². The summed E-state index contributed by atoms with van der Waals surface area (Å²) in [5.41, 5.74) is 6.63. The molecular formula is C14H23N3O. The predicted octanol–water partition coefficient (Wildman–Crippen LogP) is 2.70. The van der Waals surface area contributed by atoms with Crippen LogP contribution in [0.5, 0.6) is 0 Å². The third-order valence-corrected chi connectivity index (χ3v) is 3.14. The van der Waals surface area contributed by atoms with Crippen LogP contribution < -0.4 is 5.73 Å². The van der Waals surface area contributed by atoms with E-state index in [0.29, 0.717) is 11.4 Å². The molecular weight excluding hydrogens is 226 g/mol. The molecule has 0 aliphatic carbocycles. The van der Waals surface area contributed by atoms with E-state index in [2.05, 4.69) is 25.8 Å². The maximum atomic E-state index is 12.4. The molecule has 0 aliphatic rings. The molecule has 100 valence electrons. The average molecular weight is 249 g/mol. The number of pyridine rings is 1. The zero-order valence-corrected chi connectivity index (χ0v) is 11.5. The van der Waals surface area contributed by atoms with Crippen molar-refractivity contribution >= 4 is 11.6 Å². The van der Waals surface area contributed by atoms with E-state index in [-0.39, 0.29) is 11.9 Å². The topological polar surface area (TPSA) is 59.2 Å². The lowest BCUT2D eigenvalue weighted by atomic mass is 10.1. The first-order valence-corrected chi connectivity index (χ1v) is 6.62. The Labute approximate surface area is 109 Å². The summed E-state index contributed by atoms with van der Waals surface area (Å²) >= 11 is 0. The summed E-state index contributed by atoms with van der Waals surface area (Å²) in [7, 11) is 0. The van der Waals surface area contributed by atoms with Gasteiger partial charge in [0, 0.05) is 12.6 Å². The van der Waals surface area contributed by atoms with Crippen LogP contribution in [0.15, 0.2) is 18.3 Å². The molecule has 0 spiro atoms. The number of amides is 1. The van der Waals surface area contributed by atoms with Gasteiger partial charge in [-0.15, -0.1) is 0 Å². The molecule has 4 heteroatoms. The highest BCUT2D eigenvalue weighted by atomic mass is 16.2. The lowest BCUT2D eigenvalue weighted by molar-refractivity contribution is 0.0679. The quantitative estimate of drug-likeness (QED) is 0.843. The largest absolute Gasteiger partial charge is 0.397 e. The molecule has 2 N–H and O–H groups in total. The van der Waals surface area contributed by atoms with E-state index in [4.69, 9.17) is 5.73 Å². The van der Waals surface area contributed by atoms with Crippen LogP contribution in [0.1, 0.15) is 50.5 Å². The Kier molecular flexibility index (Phi) is 5.62. The zero-order valence-electron chi connectivity index (χ0n) is 11.5. The van der Waals surface area contributed by atoms with Crippen LogP contribution in [0.25, 0.3) is 0 Å². The maximum Gasteiger partial charge on any atom is 0.272 e. The molecule has 1 atom stereocenters. The van der Waals surface area contributed by atoms with E-state index in [1.807, 2.05) is 4.90 Å². The maximum absolute atomic E-state index is 12.4. The molecule has 1 rings (SSSR count). The second-order valence-corrected chi connectivity index (χ2v) is 4.59. The molecule has 4 nitrogen and oxygen atoms in total. The average Bonchev–Trinajstić information content (AvgIpc) is 2.39. The highest BCUT2D eigenvalue weighted by molar-refractivity contribution is 5.92. The number of hydrogen-bond donors (Lipinski definition) is 1. The van der Waals surface area contributed by atoms with Gasteiger partial charge < -0.3 is 10.6 Å². The number of carbonyl (C=O) groups is 1. The van der Waals surface area contributed by atoms with Crippen LogP contribution >= 0.6 is 0 Å². The minimum Gasteiger partial charge on any atom is -0.397 e. The Morgan fingerprint density at radius 3 is 2.67 bits per heavy atom. The van der Waals surface area contributed by atoms with Crippen LogP contribution in [0, 0.1) is 0 Å². The first-order chi connectivity index (χ1) is 8.60. The summed E-state index contributed by atoms with van der Waals surface area (Å²) in [5, 5.41) is 0. The van der Waals surface area contributed by atoms with Gasteiger partial charge in [-0.2, -0.15) is 0 Å². The molecule has 0 saturated heterocycles. The minimum absolute atomic E-state index is 0.00204. The molecule has 0 aromatic carbocycles. The van der Waals surface area contributed by atoms with Gasteiger partial charge in [-0.05, 0) is 31.9 Å². The predicted molar refractivity (Wildman–Crippen MR) is 74.3 cm³/mol. The van der Waals surface area contributed by atoms with Crippen LogP contribution in [0.4, 0.5) is 5.69 Å². The number of unbranched alkanes of at least 4 members (excludes halogenated alkanes) is 1. The van der Waals surface area contributed by atoms with E-state index in [9.17, 15) is 4.79 Å². The van der Waals surface area contributed by atoms with Crippen molar-refractivity contribution in [3.63, 3.8) is 0 Å². The number of nitrogen functional groups attached to an aromatic ring is 1. The van der Waals surface area contributed by atoms with Crippen molar-refractivity contribution in [1.82, 2.24) is 9.88 Å². The number of nitrogens with zero attached hydrogens (tertiary/aromatic N) is 2. The Bertz CT molecular complexity index is 375. The molecule has 0 fully saturated rings. The minimum atomic E-state index is -0.00204. The molecule has 1 amide bonds. The summed E-state index contributed by atoms with van der Waals surface area (Å²) in [5.74, 6) is -0.00204. The number of hydrogen-bond acceptors (Lipinski definition) is 3. The van der Waals surface area contributed by atoms with Gasteiger partial charge in [0.15, 0.2) is 0 Å². The molecule has 0 bridgehead atoms. The van der Waals surface area contributed by atoms with Crippen molar-refractivity contribution in [2.24, 2.45) is 0 Å². The van der Waals surface area contributed by atoms with Gasteiger partial charge in [-0.3, -0.25) is 4.79 Å². The van der Waals surface area contributed by atoms with Crippen molar-refractivity contribution < 1.29 is 4.79 Å². The van der Waals surface area contributed by atoms with Crippen LogP contribution in [0.2, 0.25) is 0 Å². The Hall–Kier alpha value is -1.58. The lowest BCUT2D eigenvalue weighted by Crippen LogP contribution is -2.39. The van der Waals surface area contributed by atoms with Gasteiger partial charge in [0.2, 0.25) is 0 Å². The van der Waals surface area contributed by atoms with E-state index in [0.717, 1.165) is 25.8 Å². The van der Waals surface area contributed by atoms with E-state index in [1.165, 1.54) is 6.20 Å². The van der Waals surface area contributed by atoms with Crippen molar-refractivity contribution in [2.45, 2.75) is 46.1 Å². The number of rotatable bonds is 6. The highest BCUT2D eigenvalue weighted by Crippen LogP contribution is 2.11. The smallest absolute Gasteiger partial charge is 0.272 e. The number of carbonyl (C=O) groups excluding carboxylic acids is 1. The standard InChI is InChI=1S/C14H23N3O/c1-4-6-9-17(11(3)5-2)14(18)13-8-7-12(15)10-16-13/h7-8,10-11H,4-6,9,15H2,1-3H3. The van der Waals surface area contributed by atoms with Gasteiger partial charge in [0.1, 0.15) is 5.69 Å². The van der Waals surface area contributed by atoms with E-state index < -0.39 is 0 Å². The van der Waals surface area contributed by atoms with Crippen LogP contribution in [-0.4, -0.2) is 28.4 Å². The molecule has 0 saturated carbocycles. The summed E-state index contributed by atoms with van der Waals surface area (Å²) < 4.78 is 0. The normalized spacial score (nSPS) is 12.2. The molecule has 1 unspecified atom stereocenters. The highest BCUT2D eigenvalue weighted by Gasteiger charge is 2.20. The lowest BCUT2D eigenvalue weighted by Gasteiger charge is -2.28. The second kappa shape index (κ2) is 6.99. The number of nitrogens with two attached hydrogens (primary N) is 1. The SMILES string of the molecule is CCCCN(C(=O)c1ccc(N)cn1)C(C)CC. The molecule has 1 aromatic heterocycles. The monoisotopic (exact) mass is 249 g/mol. The van der Waals surface area contributed by atoms with Crippen molar-refractivity contribution in [2.75, 3.05) is 12.3 Å². The zero-order chi connectivity index (χ0) is 13.5. The van der Waals surface area contributed by atoms with Crippen molar-refractivity contribution in [1.29, 1.82) is 0 Å². The van der Waals surface area contributed by atoms with Gasteiger partial charge >= 0.3 is 0 Å². The van der Waals surface area contributed by atoms with Gasteiger partial charge in [0.05, 0.1) is 11.9 Å². The van der Waals surface area contributed by atoms with E-state index in [1.54, 1.807) is 12.1 Å². The summed E-state index contributed by atoms with van der Waals surface area (Å²) in [6.45, 7) is 7.08. The van der Waals surface area contributed by atoms with Crippen molar-refractivity contribution in [3.8, 4) is 0 Å². The number of aromatic nitrogens is 1. The second-order valence-electron chi connectivity index (χ2n) is 4.59. The van der Waals surface area contributed by atoms with Gasteiger partial charge in [0.25, 0.3) is 5.91 Å². The molecule has 1 aromatic rings. The summed E-state index contributed by atoms with van der Waals surface area (Å²) in [6.07, 6.45) is 4.58. The molecule has 0 radical (unpaired) electrons.